The molecule has 0 bridgehead atoms. The number of halogens is 1. The molecule has 1 aliphatic carbocycles. The van der Waals surface area contributed by atoms with Crippen LogP contribution in [0.5, 0.6) is 0 Å². The summed E-state index contributed by atoms with van der Waals surface area (Å²) in [6, 6.07) is 9.53. The Labute approximate surface area is 171 Å². The number of hydrogen-bond acceptors (Lipinski definition) is 5. The van der Waals surface area contributed by atoms with Gasteiger partial charge in [-0.25, -0.2) is 4.68 Å². The SMILES string of the molecule is O=C1CCCC2=C1C(c1cc[nH]c1)n1nc(SCc3ccccc3Cl)nc1N2. The maximum atomic E-state index is 12.7. The lowest BCUT2D eigenvalue weighted by Gasteiger charge is -2.31. The van der Waals surface area contributed by atoms with Crippen LogP contribution in [0, 0.1) is 0 Å². The minimum absolute atomic E-state index is 0.186. The smallest absolute Gasteiger partial charge is 0.227 e. The number of ketones is 1. The fourth-order valence-electron chi connectivity index (χ4n) is 3.77. The number of carbonyl (C=O) groups excluding carboxylic acids is 1. The molecule has 2 N–H and O–H groups in total. The van der Waals surface area contributed by atoms with Gasteiger partial charge in [0.05, 0.1) is 0 Å². The van der Waals surface area contributed by atoms with Gasteiger partial charge >= 0.3 is 0 Å². The number of rotatable bonds is 4. The van der Waals surface area contributed by atoms with Crippen molar-refractivity contribution in [3.8, 4) is 0 Å². The molecule has 3 heterocycles. The Hall–Kier alpha value is -2.51. The molecular weight excluding hydrogens is 394 g/mol. The summed E-state index contributed by atoms with van der Waals surface area (Å²) in [5.74, 6) is 1.55. The van der Waals surface area contributed by atoms with Crippen LogP contribution in [0.15, 0.2) is 59.2 Å². The van der Waals surface area contributed by atoms with Crippen LogP contribution in [0.3, 0.4) is 0 Å². The van der Waals surface area contributed by atoms with E-state index >= 15 is 0 Å². The highest BCUT2D eigenvalue weighted by Crippen LogP contribution is 2.40. The van der Waals surface area contributed by atoms with Gasteiger partial charge in [0, 0.05) is 40.9 Å². The maximum absolute atomic E-state index is 12.7. The van der Waals surface area contributed by atoms with E-state index in [9.17, 15) is 4.79 Å². The number of Topliss-reactive ketones (excluding diaryl/α,β-unsaturated/α-hetero) is 1. The maximum Gasteiger partial charge on any atom is 0.227 e. The number of carbonyl (C=O) groups is 1. The normalized spacial score (nSPS) is 18.6. The van der Waals surface area contributed by atoms with Crippen molar-refractivity contribution in [2.24, 2.45) is 0 Å². The number of anilines is 1. The number of aromatic amines is 1. The van der Waals surface area contributed by atoms with E-state index in [0.717, 1.165) is 40.3 Å². The summed E-state index contributed by atoms with van der Waals surface area (Å²) in [7, 11) is 0. The number of benzene rings is 1. The second-order valence-corrected chi connectivity index (χ2v) is 8.23. The van der Waals surface area contributed by atoms with Crippen molar-refractivity contribution >= 4 is 35.1 Å². The average Bonchev–Trinajstić information content (AvgIpc) is 3.35. The Morgan fingerprint density at radius 3 is 2.96 bits per heavy atom. The standard InChI is InChI=1S/C20H18ClN5OS/c21-14-5-2-1-4-13(14)11-28-20-24-19-23-15-6-3-7-16(27)17(15)18(26(19)25-20)12-8-9-22-10-12/h1-2,4-5,8-10,18,22H,3,6-7,11H2,(H,23,24,25). The molecule has 1 atom stereocenters. The molecule has 1 aromatic carbocycles. The van der Waals surface area contributed by atoms with Crippen LogP contribution in [0.4, 0.5) is 5.95 Å². The third-order valence-electron chi connectivity index (χ3n) is 5.10. The first-order chi connectivity index (χ1) is 13.7. The number of thioether (sulfide) groups is 1. The van der Waals surface area contributed by atoms with Gasteiger partial charge in [-0.2, -0.15) is 4.98 Å². The molecule has 6 nitrogen and oxygen atoms in total. The highest BCUT2D eigenvalue weighted by molar-refractivity contribution is 7.98. The lowest BCUT2D eigenvalue weighted by molar-refractivity contribution is -0.116. The summed E-state index contributed by atoms with van der Waals surface area (Å²) in [5, 5.41) is 9.47. The number of hydrogen-bond donors (Lipinski definition) is 2. The Morgan fingerprint density at radius 2 is 2.14 bits per heavy atom. The van der Waals surface area contributed by atoms with Crippen LogP contribution in [0.2, 0.25) is 5.02 Å². The third kappa shape index (κ3) is 3.04. The number of allylic oxidation sites excluding steroid dienone is 2. The fourth-order valence-corrected chi connectivity index (χ4v) is 4.89. The Kier molecular flexibility index (Phi) is 4.49. The summed E-state index contributed by atoms with van der Waals surface area (Å²) in [6.45, 7) is 0. The molecule has 2 aliphatic rings. The molecule has 0 spiro atoms. The monoisotopic (exact) mass is 411 g/mol. The minimum Gasteiger partial charge on any atom is -0.367 e. The fraction of sp³-hybridized carbons (Fsp3) is 0.250. The molecule has 0 radical (unpaired) electrons. The molecule has 1 unspecified atom stereocenters. The Balaban J connectivity index is 1.49. The van der Waals surface area contributed by atoms with Crippen molar-refractivity contribution in [2.45, 2.75) is 36.2 Å². The zero-order valence-corrected chi connectivity index (χ0v) is 16.6. The van der Waals surface area contributed by atoms with Gasteiger partial charge in [-0.15, -0.1) is 5.10 Å². The van der Waals surface area contributed by atoms with Crippen molar-refractivity contribution in [2.75, 3.05) is 5.32 Å². The molecule has 3 aromatic rings. The number of nitrogens with one attached hydrogen (secondary N) is 2. The van der Waals surface area contributed by atoms with Gasteiger partial charge in [0.15, 0.2) is 5.78 Å². The van der Waals surface area contributed by atoms with Gasteiger partial charge in [-0.1, -0.05) is 41.6 Å². The second kappa shape index (κ2) is 7.14. The van der Waals surface area contributed by atoms with Gasteiger partial charge in [-0.3, -0.25) is 4.79 Å². The number of nitrogens with zero attached hydrogens (tertiary/aromatic N) is 3. The molecule has 0 saturated carbocycles. The topological polar surface area (TPSA) is 75.6 Å². The molecule has 0 fully saturated rings. The molecule has 8 heteroatoms. The summed E-state index contributed by atoms with van der Waals surface area (Å²) in [5.41, 5.74) is 3.85. The van der Waals surface area contributed by atoms with Gasteiger partial charge < -0.3 is 10.3 Å². The van der Waals surface area contributed by atoms with E-state index in [0.29, 0.717) is 23.3 Å². The van der Waals surface area contributed by atoms with Crippen LogP contribution in [0.25, 0.3) is 0 Å². The number of fused-ring (bicyclic) bond motifs is 1. The van der Waals surface area contributed by atoms with E-state index in [2.05, 4.69) is 15.3 Å². The third-order valence-corrected chi connectivity index (χ3v) is 6.36. The summed E-state index contributed by atoms with van der Waals surface area (Å²) in [4.78, 5) is 20.5. The Bertz CT molecular complexity index is 1070. The number of aromatic nitrogens is 4. The first kappa shape index (κ1) is 17.6. The van der Waals surface area contributed by atoms with Gasteiger partial charge in [0.25, 0.3) is 0 Å². The zero-order chi connectivity index (χ0) is 19.1. The molecule has 142 valence electrons. The summed E-state index contributed by atoms with van der Waals surface area (Å²) < 4.78 is 1.83. The first-order valence-corrected chi connectivity index (χ1v) is 10.6. The van der Waals surface area contributed by atoms with Crippen molar-refractivity contribution in [3.05, 3.63) is 70.1 Å². The molecule has 5 rings (SSSR count). The van der Waals surface area contributed by atoms with E-state index < -0.39 is 0 Å². The molecular formula is C20H18ClN5OS. The van der Waals surface area contributed by atoms with Crippen LogP contribution < -0.4 is 5.32 Å². The largest absolute Gasteiger partial charge is 0.367 e. The predicted molar refractivity (Wildman–Crippen MR) is 109 cm³/mol. The molecule has 2 aromatic heterocycles. The van der Waals surface area contributed by atoms with Crippen LogP contribution in [-0.2, 0) is 10.5 Å². The van der Waals surface area contributed by atoms with E-state index in [4.69, 9.17) is 16.7 Å². The van der Waals surface area contributed by atoms with E-state index in [1.807, 2.05) is 47.4 Å². The highest BCUT2D eigenvalue weighted by Gasteiger charge is 2.36. The van der Waals surface area contributed by atoms with Crippen LogP contribution in [0.1, 0.15) is 36.4 Å². The first-order valence-electron chi connectivity index (χ1n) is 9.19. The predicted octanol–water partition coefficient (Wildman–Crippen LogP) is 4.57. The quantitative estimate of drug-likeness (QED) is 0.615. The highest BCUT2D eigenvalue weighted by atomic mass is 35.5. The minimum atomic E-state index is -0.243. The van der Waals surface area contributed by atoms with Gasteiger partial charge in [0.1, 0.15) is 6.04 Å². The van der Waals surface area contributed by atoms with Crippen molar-refractivity contribution in [1.82, 2.24) is 19.7 Å². The summed E-state index contributed by atoms with van der Waals surface area (Å²) >= 11 is 7.80. The van der Waals surface area contributed by atoms with Crippen LogP contribution >= 0.6 is 23.4 Å². The van der Waals surface area contributed by atoms with E-state index in [1.165, 1.54) is 11.8 Å². The van der Waals surface area contributed by atoms with Crippen LogP contribution in [-0.4, -0.2) is 25.5 Å². The van der Waals surface area contributed by atoms with E-state index in [-0.39, 0.29) is 11.8 Å². The Morgan fingerprint density at radius 1 is 1.25 bits per heavy atom. The van der Waals surface area contributed by atoms with Gasteiger partial charge in [0.2, 0.25) is 11.1 Å². The van der Waals surface area contributed by atoms with Gasteiger partial charge in [-0.05, 0) is 36.1 Å². The molecule has 1 aliphatic heterocycles. The second-order valence-electron chi connectivity index (χ2n) is 6.88. The van der Waals surface area contributed by atoms with Crippen molar-refractivity contribution in [1.29, 1.82) is 0 Å². The lowest BCUT2D eigenvalue weighted by Crippen LogP contribution is -2.31. The average molecular weight is 412 g/mol. The lowest BCUT2D eigenvalue weighted by atomic mass is 9.86. The summed E-state index contributed by atoms with van der Waals surface area (Å²) in [6.07, 6.45) is 6.10. The number of H-pyrrole nitrogens is 1. The molecule has 0 saturated heterocycles. The van der Waals surface area contributed by atoms with E-state index in [1.54, 1.807) is 0 Å². The zero-order valence-electron chi connectivity index (χ0n) is 15.0. The van der Waals surface area contributed by atoms with Crippen molar-refractivity contribution in [3.63, 3.8) is 0 Å². The molecule has 28 heavy (non-hydrogen) atoms. The van der Waals surface area contributed by atoms with Crippen molar-refractivity contribution < 1.29 is 4.79 Å². The molecule has 0 amide bonds.